The fraction of sp³-hybridized carbons (Fsp3) is 0.833. The van der Waals surface area contributed by atoms with Gasteiger partial charge in [-0.05, 0) is 37.4 Å². The van der Waals surface area contributed by atoms with Gasteiger partial charge in [-0.25, -0.2) is 0 Å². The third-order valence-corrected chi connectivity index (χ3v) is 3.68. The largest absolute Gasteiger partial charge is 0.338 e. The zero-order valence-electron chi connectivity index (χ0n) is 10.2. The summed E-state index contributed by atoms with van der Waals surface area (Å²) in [5.74, 6) is 1.55. The van der Waals surface area contributed by atoms with E-state index < -0.39 is 0 Å². The van der Waals surface area contributed by atoms with Crippen molar-refractivity contribution in [2.45, 2.75) is 44.6 Å². The Kier molecular flexibility index (Phi) is 3.27. The van der Waals surface area contributed by atoms with E-state index in [1.54, 1.807) is 0 Å². The Morgan fingerprint density at radius 3 is 2.65 bits per heavy atom. The molecule has 2 fully saturated rings. The lowest BCUT2D eigenvalue weighted by Crippen LogP contribution is -2.25. The van der Waals surface area contributed by atoms with Gasteiger partial charge in [-0.15, -0.1) is 0 Å². The monoisotopic (exact) mass is 236 g/mol. The third kappa shape index (κ3) is 2.44. The van der Waals surface area contributed by atoms with Gasteiger partial charge in [0, 0.05) is 13.1 Å². The van der Waals surface area contributed by atoms with Gasteiger partial charge >= 0.3 is 0 Å². The zero-order valence-corrected chi connectivity index (χ0v) is 10.2. The Labute approximate surface area is 102 Å². The van der Waals surface area contributed by atoms with E-state index in [-0.39, 0.29) is 6.04 Å². The number of hydrogen-bond acceptors (Lipinski definition) is 5. The molecule has 2 aliphatic heterocycles. The first-order chi connectivity index (χ1) is 8.43. The van der Waals surface area contributed by atoms with Crippen molar-refractivity contribution in [1.29, 1.82) is 0 Å². The van der Waals surface area contributed by atoms with Crippen LogP contribution in [0.4, 0.5) is 5.95 Å². The molecule has 2 aliphatic rings. The number of aromatic nitrogens is 2. The van der Waals surface area contributed by atoms with Gasteiger partial charge in [0.25, 0.3) is 5.95 Å². The average molecular weight is 236 g/mol. The van der Waals surface area contributed by atoms with Gasteiger partial charge < -0.3 is 14.7 Å². The summed E-state index contributed by atoms with van der Waals surface area (Å²) >= 11 is 0. The fourth-order valence-electron chi connectivity index (χ4n) is 2.66. The molecule has 0 spiro atoms. The van der Waals surface area contributed by atoms with Crippen LogP contribution in [-0.2, 0) is 0 Å². The van der Waals surface area contributed by atoms with Crippen molar-refractivity contribution in [3.8, 4) is 0 Å². The van der Waals surface area contributed by atoms with Crippen LogP contribution in [0.15, 0.2) is 4.52 Å². The minimum Gasteiger partial charge on any atom is -0.338 e. The molecule has 0 amide bonds. The van der Waals surface area contributed by atoms with E-state index in [0.29, 0.717) is 0 Å². The molecule has 3 rings (SSSR count). The van der Waals surface area contributed by atoms with Crippen LogP contribution in [0.5, 0.6) is 0 Å². The summed E-state index contributed by atoms with van der Waals surface area (Å²) in [7, 11) is 0. The van der Waals surface area contributed by atoms with Crippen LogP contribution < -0.4 is 10.2 Å². The Bertz CT molecular complexity index is 351. The van der Waals surface area contributed by atoms with Crippen LogP contribution in [-0.4, -0.2) is 29.8 Å². The van der Waals surface area contributed by atoms with Crippen LogP contribution in [0.25, 0.3) is 0 Å². The molecule has 94 valence electrons. The highest BCUT2D eigenvalue weighted by Gasteiger charge is 2.24. The number of hydrogen-bond donors (Lipinski definition) is 1. The molecule has 0 aliphatic carbocycles. The molecule has 1 aromatic heterocycles. The van der Waals surface area contributed by atoms with E-state index in [0.717, 1.165) is 37.9 Å². The van der Waals surface area contributed by atoms with Crippen molar-refractivity contribution in [2.24, 2.45) is 0 Å². The lowest BCUT2D eigenvalue weighted by Gasteiger charge is -2.16. The van der Waals surface area contributed by atoms with Gasteiger partial charge in [-0.2, -0.15) is 4.98 Å². The van der Waals surface area contributed by atoms with Crippen LogP contribution >= 0.6 is 0 Å². The molecule has 17 heavy (non-hydrogen) atoms. The van der Waals surface area contributed by atoms with E-state index in [2.05, 4.69) is 20.4 Å². The summed E-state index contributed by atoms with van der Waals surface area (Å²) in [4.78, 5) is 6.80. The highest BCUT2D eigenvalue weighted by molar-refractivity contribution is 5.28. The number of nitrogens with zero attached hydrogens (tertiary/aromatic N) is 3. The molecule has 0 bridgehead atoms. The number of nitrogens with one attached hydrogen (secondary N) is 1. The molecule has 3 heterocycles. The van der Waals surface area contributed by atoms with Crippen LogP contribution in [0.3, 0.4) is 0 Å². The Balaban J connectivity index is 1.70. The van der Waals surface area contributed by atoms with E-state index in [4.69, 9.17) is 4.52 Å². The normalized spacial score (nSPS) is 26.1. The Hall–Kier alpha value is -1.10. The molecule has 1 N–H and O–H groups in total. The van der Waals surface area contributed by atoms with Crippen LogP contribution in [0.1, 0.15) is 50.5 Å². The molecule has 0 aromatic carbocycles. The highest BCUT2D eigenvalue weighted by atomic mass is 16.5. The molecule has 0 unspecified atom stereocenters. The minimum absolute atomic E-state index is 0.281. The van der Waals surface area contributed by atoms with Gasteiger partial charge in [-0.3, -0.25) is 0 Å². The summed E-state index contributed by atoms with van der Waals surface area (Å²) in [6, 6.07) is 0.281. The van der Waals surface area contributed by atoms with Crippen molar-refractivity contribution in [3.63, 3.8) is 0 Å². The number of anilines is 1. The first-order valence-corrected chi connectivity index (χ1v) is 6.75. The van der Waals surface area contributed by atoms with Crippen molar-refractivity contribution >= 4 is 5.95 Å². The van der Waals surface area contributed by atoms with Crippen molar-refractivity contribution < 1.29 is 4.52 Å². The quantitative estimate of drug-likeness (QED) is 0.849. The summed E-state index contributed by atoms with van der Waals surface area (Å²) in [6.07, 6.45) is 7.45. The first kappa shape index (κ1) is 11.0. The number of rotatable bonds is 2. The third-order valence-electron chi connectivity index (χ3n) is 3.68. The molecule has 1 aromatic rings. The molecule has 0 radical (unpaired) electrons. The summed E-state index contributed by atoms with van der Waals surface area (Å²) in [5.41, 5.74) is 0. The smallest absolute Gasteiger partial charge is 0.266 e. The molecule has 1 atom stereocenters. The lowest BCUT2D eigenvalue weighted by atomic mass is 10.2. The second kappa shape index (κ2) is 5.04. The second-order valence-electron chi connectivity index (χ2n) is 4.98. The lowest BCUT2D eigenvalue weighted by molar-refractivity contribution is 0.344. The maximum absolute atomic E-state index is 5.38. The minimum atomic E-state index is 0.281. The van der Waals surface area contributed by atoms with Gasteiger partial charge in [0.2, 0.25) is 5.89 Å². The van der Waals surface area contributed by atoms with Gasteiger partial charge in [0.1, 0.15) is 0 Å². The predicted octanol–water partition coefficient (Wildman–Crippen LogP) is 1.87. The average Bonchev–Trinajstić information content (AvgIpc) is 2.95. The highest BCUT2D eigenvalue weighted by Crippen LogP contribution is 2.24. The zero-order chi connectivity index (χ0) is 11.5. The van der Waals surface area contributed by atoms with Crippen molar-refractivity contribution in [3.05, 3.63) is 5.89 Å². The van der Waals surface area contributed by atoms with Crippen LogP contribution in [0, 0.1) is 0 Å². The van der Waals surface area contributed by atoms with E-state index >= 15 is 0 Å². The first-order valence-electron chi connectivity index (χ1n) is 6.75. The summed E-state index contributed by atoms with van der Waals surface area (Å²) < 4.78 is 5.38. The van der Waals surface area contributed by atoms with E-state index in [1.807, 2.05) is 0 Å². The summed E-state index contributed by atoms with van der Waals surface area (Å²) in [5, 5.41) is 7.51. The molecule has 0 saturated carbocycles. The fourth-order valence-corrected chi connectivity index (χ4v) is 2.66. The molecule has 2 saturated heterocycles. The van der Waals surface area contributed by atoms with Crippen molar-refractivity contribution in [1.82, 2.24) is 15.5 Å². The standard InChI is InChI=1S/C12H20N4O/c1-2-4-9-16(8-3-1)12-14-11(17-15-12)10-6-5-7-13-10/h10,13H,1-9H2/t10-/m1/s1. The molecular formula is C12H20N4O. The topological polar surface area (TPSA) is 54.2 Å². The molecule has 5 heteroatoms. The second-order valence-corrected chi connectivity index (χ2v) is 4.98. The van der Waals surface area contributed by atoms with Crippen molar-refractivity contribution in [2.75, 3.05) is 24.5 Å². The van der Waals surface area contributed by atoms with E-state index in [1.165, 1.54) is 32.1 Å². The van der Waals surface area contributed by atoms with Crippen LogP contribution in [0.2, 0.25) is 0 Å². The Morgan fingerprint density at radius 1 is 1.12 bits per heavy atom. The van der Waals surface area contributed by atoms with E-state index in [9.17, 15) is 0 Å². The van der Waals surface area contributed by atoms with Gasteiger partial charge in [0.15, 0.2) is 0 Å². The SMILES string of the molecule is C1CCCN(c2noc([C@H]3CCCN3)n2)CC1. The van der Waals surface area contributed by atoms with Gasteiger partial charge in [0.05, 0.1) is 6.04 Å². The maximum atomic E-state index is 5.38. The predicted molar refractivity (Wildman–Crippen MR) is 65.0 cm³/mol. The molecule has 5 nitrogen and oxygen atoms in total. The van der Waals surface area contributed by atoms with Gasteiger partial charge in [-0.1, -0.05) is 12.8 Å². The maximum Gasteiger partial charge on any atom is 0.266 e. The Morgan fingerprint density at radius 2 is 1.94 bits per heavy atom. The summed E-state index contributed by atoms with van der Waals surface area (Å²) in [6.45, 7) is 3.19. The molecular weight excluding hydrogens is 216 g/mol.